The van der Waals surface area contributed by atoms with E-state index in [1.54, 1.807) is 6.07 Å². The molecule has 1 aliphatic carbocycles. The van der Waals surface area contributed by atoms with Gasteiger partial charge in [-0.25, -0.2) is 4.39 Å². The maximum Gasteiger partial charge on any atom is 0.314 e. The van der Waals surface area contributed by atoms with Crippen molar-refractivity contribution >= 4 is 23.4 Å². The molecule has 3 rings (SSSR count). The molecule has 1 saturated heterocycles. The molecule has 3 amide bonds. The van der Waals surface area contributed by atoms with E-state index in [1.165, 1.54) is 23.1 Å². The van der Waals surface area contributed by atoms with Gasteiger partial charge < -0.3 is 16.0 Å². The molecule has 7 heteroatoms. The highest BCUT2D eigenvalue weighted by Crippen LogP contribution is 2.42. The Kier molecular flexibility index (Phi) is 4.02. The number of hydrogen-bond acceptors (Lipinski definition) is 3. The molecule has 3 N–H and O–H groups in total. The SMILES string of the molecule is NC(=O)[C@@H]1C2CCCC2CN1C(=O)C(=O)Nc1ccccc1F. The lowest BCUT2D eigenvalue weighted by atomic mass is 9.94. The highest BCUT2D eigenvalue weighted by molar-refractivity contribution is 6.40. The van der Waals surface area contributed by atoms with Gasteiger partial charge in [0.05, 0.1) is 5.69 Å². The summed E-state index contributed by atoms with van der Waals surface area (Å²) >= 11 is 0. The summed E-state index contributed by atoms with van der Waals surface area (Å²) in [5.74, 6) is -2.78. The van der Waals surface area contributed by atoms with Crippen LogP contribution in [0.4, 0.5) is 10.1 Å². The summed E-state index contributed by atoms with van der Waals surface area (Å²) < 4.78 is 13.6. The van der Waals surface area contributed by atoms with E-state index in [2.05, 4.69) is 5.32 Å². The molecule has 0 aromatic heterocycles. The Balaban J connectivity index is 1.75. The second-order valence-corrected chi connectivity index (χ2v) is 6.09. The third kappa shape index (κ3) is 2.78. The number of hydrogen-bond donors (Lipinski definition) is 2. The fraction of sp³-hybridized carbons (Fsp3) is 0.438. The molecule has 0 bridgehead atoms. The van der Waals surface area contributed by atoms with Gasteiger partial charge in [0.2, 0.25) is 5.91 Å². The zero-order valence-corrected chi connectivity index (χ0v) is 12.5. The highest BCUT2D eigenvalue weighted by Gasteiger charge is 2.49. The van der Waals surface area contributed by atoms with E-state index in [0.717, 1.165) is 19.3 Å². The van der Waals surface area contributed by atoms with E-state index < -0.39 is 29.6 Å². The lowest BCUT2D eigenvalue weighted by Crippen LogP contribution is -2.50. The topological polar surface area (TPSA) is 92.5 Å². The van der Waals surface area contributed by atoms with Gasteiger partial charge in [0.25, 0.3) is 0 Å². The van der Waals surface area contributed by atoms with Crippen molar-refractivity contribution in [3.8, 4) is 0 Å². The highest BCUT2D eigenvalue weighted by atomic mass is 19.1. The molecule has 2 unspecified atom stereocenters. The molecule has 1 aromatic rings. The van der Waals surface area contributed by atoms with Crippen molar-refractivity contribution < 1.29 is 18.8 Å². The number of amides is 3. The zero-order chi connectivity index (χ0) is 16.6. The Morgan fingerprint density at radius 2 is 1.96 bits per heavy atom. The molecule has 3 atom stereocenters. The van der Waals surface area contributed by atoms with Crippen LogP contribution in [0.15, 0.2) is 24.3 Å². The fourth-order valence-electron chi connectivity index (χ4n) is 3.75. The molecule has 0 spiro atoms. The summed E-state index contributed by atoms with van der Waals surface area (Å²) in [5.41, 5.74) is 5.37. The van der Waals surface area contributed by atoms with Crippen LogP contribution in [0.25, 0.3) is 0 Å². The summed E-state index contributed by atoms with van der Waals surface area (Å²) in [6, 6.07) is 4.84. The molecule has 0 radical (unpaired) electrons. The molecule has 1 saturated carbocycles. The van der Waals surface area contributed by atoms with Crippen LogP contribution < -0.4 is 11.1 Å². The first-order valence-corrected chi connectivity index (χ1v) is 7.65. The van der Waals surface area contributed by atoms with Crippen LogP contribution in [-0.2, 0) is 14.4 Å². The van der Waals surface area contributed by atoms with E-state index in [9.17, 15) is 18.8 Å². The number of primary amides is 1. The average molecular weight is 319 g/mol. The molecule has 1 heterocycles. The number of para-hydroxylation sites is 1. The van der Waals surface area contributed by atoms with Gasteiger partial charge in [-0.2, -0.15) is 0 Å². The number of benzene rings is 1. The Labute approximate surface area is 132 Å². The van der Waals surface area contributed by atoms with Gasteiger partial charge >= 0.3 is 11.8 Å². The lowest BCUT2D eigenvalue weighted by molar-refractivity contribution is -0.146. The number of likely N-dealkylation sites (tertiary alicyclic amines) is 1. The maximum atomic E-state index is 13.6. The largest absolute Gasteiger partial charge is 0.368 e. The van der Waals surface area contributed by atoms with Crippen molar-refractivity contribution in [3.05, 3.63) is 30.1 Å². The first kappa shape index (κ1) is 15.5. The Bertz CT molecular complexity index is 664. The number of carbonyl (C=O) groups excluding carboxylic acids is 3. The minimum Gasteiger partial charge on any atom is -0.368 e. The standard InChI is InChI=1S/C16H18FN3O3/c17-11-6-1-2-7-12(11)19-15(22)16(23)20-8-9-4-3-5-10(9)13(20)14(18)21/h1-2,6-7,9-10,13H,3-5,8H2,(H2,18,21)(H,19,22)/t9?,10?,13-/m0/s1. The maximum absolute atomic E-state index is 13.6. The molecule has 2 fully saturated rings. The quantitative estimate of drug-likeness (QED) is 0.793. The van der Waals surface area contributed by atoms with Crippen LogP contribution in [0.3, 0.4) is 0 Å². The number of rotatable bonds is 2. The smallest absolute Gasteiger partial charge is 0.314 e. The minimum atomic E-state index is -0.957. The predicted octanol–water partition coefficient (Wildman–Crippen LogP) is 0.877. The van der Waals surface area contributed by atoms with E-state index in [0.29, 0.717) is 6.54 Å². The number of carbonyl (C=O) groups is 3. The first-order chi connectivity index (χ1) is 11.0. The van der Waals surface area contributed by atoms with Crippen molar-refractivity contribution in [2.75, 3.05) is 11.9 Å². The van der Waals surface area contributed by atoms with Crippen LogP contribution in [-0.4, -0.2) is 35.2 Å². The molecule has 2 aliphatic rings. The predicted molar refractivity (Wildman–Crippen MR) is 80.6 cm³/mol. The van der Waals surface area contributed by atoms with E-state index in [-0.39, 0.29) is 17.5 Å². The first-order valence-electron chi connectivity index (χ1n) is 7.65. The number of nitrogens with two attached hydrogens (primary N) is 1. The summed E-state index contributed by atoms with van der Waals surface area (Å²) in [6.45, 7) is 0.349. The van der Waals surface area contributed by atoms with E-state index in [1.807, 2.05) is 0 Å². The summed E-state index contributed by atoms with van der Waals surface area (Å²) in [7, 11) is 0. The van der Waals surface area contributed by atoms with Crippen LogP contribution in [0.5, 0.6) is 0 Å². The Morgan fingerprint density at radius 3 is 2.65 bits per heavy atom. The number of fused-ring (bicyclic) bond motifs is 1. The van der Waals surface area contributed by atoms with Gasteiger partial charge in [-0.3, -0.25) is 14.4 Å². The van der Waals surface area contributed by atoms with Crippen LogP contribution in [0.2, 0.25) is 0 Å². The molecular formula is C16H18FN3O3. The third-order valence-corrected chi connectivity index (χ3v) is 4.76. The Morgan fingerprint density at radius 1 is 1.22 bits per heavy atom. The minimum absolute atomic E-state index is 0.0257. The fourth-order valence-corrected chi connectivity index (χ4v) is 3.75. The number of halogens is 1. The number of nitrogens with zero attached hydrogens (tertiary/aromatic N) is 1. The van der Waals surface area contributed by atoms with Crippen molar-refractivity contribution in [2.24, 2.45) is 17.6 Å². The lowest BCUT2D eigenvalue weighted by Gasteiger charge is -2.24. The Hall–Kier alpha value is -2.44. The van der Waals surface area contributed by atoms with Crippen LogP contribution in [0, 0.1) is 17.7 Å². The van der Waals surface area contributed by atoms with Crippen molar-refractivity contribution in [3.63, 3.8) is 0 Å². The summed E-state index contributed by atoms with van der Waals surface area (Å²) in [5, 5.41) is 2.25. The molecule has 6 nitrogen and oxygen atoms in total. The zero-order valence-electron chi connectivity index (χ0n) is 12.5. The molecule has 1 aromatic carbocycles. The number of nitrogens with one attached hydrogen (secondary N) is 1. The normalized spacial score (nSPS) is 26.0. The van der Waals surface area contributed by atoms with Crippen molar-refractivity contribution in [2.45, 2.75) is 25.3 Å². The number of anilines is 1. The molecular weight excluding hydrogens is 301 g/mol. The van der Waals surface area contributed by atoms with Gasteiger partial charge in [0, 0.05) is 6.54 Å². The van der Waals surface area contributed by atoms with Gasteiger partial charge in [0.1, 0.15) is 11.9 Å². The molecule has 1 aliphatic heterocycles. The molecule has 23 heavy (non-hydrogen) atoms. The second kappa shape index (κ2) is 5.98. The van der Waals surface area contributed by atoms with Gasteiger partial charge in [-0.05, 0) is 36.8 Å². The van der Waals surface area contributed by atoms with Gasteiger partial charge in [-0.15, -0.1) is 0 Å². The van der Waals surface area contributed by atoms with E-state index in [4.69, 9.17) is 5.73 Å². The average Bonchev–Trinajstić information content (AvgIpc) is 3.08. The molecule has 122 valence electrons. The van der Waals surface area contributed by atoms with E-state index >= 15 is 0 Å². The van der Waals surface area contributed by atoms with Crippen LogP contribution >= 0.6 is 0 Å². The van der Waals surface area contributed by atoms with Gasteiger partial charge in [-0.1, -0.05) is 18.6 Å². The summed E-state index contributed by atoms with van der Waals surface area (Å²) in [6.07, 6.45) is 2.76. The van der Waals surface area contributed by atoms with Crippen LogP contribution in [0.1, 0.15) is 19.3 Å². The third-order valence-electron chi connectivity index (χ3n) is 4.76. The monoisotopic (exact) mass is 319 g/mol. The summed E-state index contributed by atoms with van der Waals surface area (Å²) in [4.78, 5) is 37.5. The van der Waals surface area contributed by atoms with Gasteiger partial charge in [0.15, 0.2) is 0 Å². The second-order valence-electron chi connectivity index (χ2n) is 6.09. The van der Waals surface area contributed by atoms with Crippen molar-refractivity contribution in [1.29, 1.82) is 0 Å². The van der Waals surface area contributed by atoms with Crippen molar-refractivity contribution in [1.82, 2.24) is 4.90 Å².